The maximum Gasteiger partial charge on any atom is 0.220 e. The molecule has 0 unspecified atom stereocenters. The van der Waals surface area contributed by atoms with Crippen molar-refractivity contribution in [2.45, 2.75) is 13.5 Å². The van der Waals surface area contributed by atoms with E-state index < -0.39 is 0 Å². The number of benzene rings is 1. The van der Waals surface area contributed by atoms with Crippen LogP contribution >= 0.6 is 0 Å². The fourth-order valence-corrected chi connectivity index (χ4v) is 1.71. The quantitative estimate of drug-likeness (QED) is 0.777. The summed E-state index contributed by atoms with van der Waals surface area (Å²) in [5.41, 5.74) is 1.25. The minimum Gasteiger partial charge on any atom is -0.497 e. The number of ether oxygens (including phenoxy) is 2. The number of ketones is 2. The van der Waals surface area contributed by atoms with E-state index in [0.29, 0.717) is 5.57 Å². The molecule has 1 aromatic rings. The van der Waals surface area contributed by atoms with Gasteiger partial charge in [0.05, 0.1) is 7.11 Å². The van der Waals surface area contributed by atoms with Gasteiger partial charge in [-0.15, -0.1) is 0 Å². The Kier molecular flexibility index (Phi) is 3.80. The molecular formula is C15H14O4. The molecule has 0 bridgehead atoms. The molecule has 1 aliphatic carbocycles. The van der Waals surface area contributed by atoms with Gasteiger partial charge in [-0.3, -0.25) is 9.59 Å². The Morgan fingerprint density at radius 1 is 1.00 bits per heavy atom. The SMILES string of the molecule is COc1ccc(COC2=C(C)C(=O)C=CC2=O)cc1. The number of methoxy groups -OCH3 is 1. The van der Waals surface area contributed by atoms with E-state index in [9.17, 15) is 9.59 Å². The first-order chi connectivity index (χ1) is 9.11. The summed E-state index contributed by atoms with van der Waals surface area (Å²) in [6, 6.07) is 7.32. The smallest absolute Gasteiger partial charge is 0.220 e. The van der Waals surface area contributed by atoms with Gasteiger partial charge in [-0.1, -0.05) is 12.1 Å². The molecule has 0 saturated heterocycles. The zero-order chi connectivity index (χ0) is 13.8. The van der Waals surface area contributed by atoms with Gasteiger partial charge in [-0.05, 0) is 36.8 Å². The van der Waals surface area contributed by atoms with Crippen molar-refractivity contribution >= 4 is 11.6 Å². The van der Waals surface area contributed by atoms with Crippen molar-refractivity contribution < 1.29 is 19.1 Å². The van der Waals surface area contributed by atoms with Crippen molar-refractivity contribution in [3.63, 3.8) is 0 Å². The molecule has 1 aliphatic rings. The van der Waals surface area contributed by atoms with E-state index in [2.05, 4.69) is 0 Å². The van der Waals surface area contributed by atoms with Crippen LogP contribution in [0.25, 0.3) is 0 Å². The highest BCUT2D eigenvalue weighted by molar-refractivity contribution is 6.18. The van der Waals surface area contributed by atoms with Crippen molar-refractivity contribution in [1.29, 1.82) is 0 Å². The Labute approximate surface area is 111 Å². The van der Waals surface area contributed by atoms with Crippen LogP contribution in [0, 0.1) is 0 Å². The summed E-state index contributed by atoms with van der Waals surface area (Å²) < 4.78 is 10.5. The van der Waals surface area contributed by atoms with Gasteiger partial charge >= 0.3 is 0 Å². The monoisotopic (exact) mass is 258 g/mol. The van der Waals surface area contributed by atoms with E-state index in [1.165, 1.54) is 12.2 Å². The topological polar surface area (TPSA) is 52.6 Å². The van der Waals surface area contributed by atoms with Crippen LogP contribution in [0.2, 0.25) is 0 Å². The van der Waals surface area contributed by atoms with Crippen LogP contribution in [0.3, 0.4) is 0 Å². The molecule has 0 N–H and O–H groups in total. The van der Waals surface area contributed by atoms with Crippen LogP contribution in [0.15, 0.2) is 47.7 Å². The zero-order valence-corrected chi connectivity index (χ0v) is 10.8. The number of allylic oxidation sites excluding steroid dienone is 3. The maximum atomic E-state index is 11.6. The lowest BCUT2D eigenvalue weighted by Crippen LogP contribution is -2.15. The van der Waals surface area contributed by atoms with Crippen LogP contribution in [-0.4, -0.2) is 18.7 Å². The van der Waals surface area contributed by atoms with Crippen LogP contribution < -0.4 is 4.74 Å². The Balaban J connectivity index is 2.07. The molecule has 0 aromatic heterocycles. The predicted octanol–water partition coefficient (Wildman–Crippen LogP) is 2.19. The van der Waals surface area contributed by atoms with Crippen molar-refractivity contribution in [2.24, 2.45) is 0 Å². The summed E-state index contributed by atoms with van der Waals surface area (Å²) in [7, 11) is 1.60. The first-order valence-corrected chi connectivity index (χ1v) is 5.85. The third-order valence-corrected chi connectivity index (χ3v) is 2.86. The average molecular weight is 258 g/mol. The highest BCUT2D eigenvalue weighted by Gasteiger charge is 2.20. The molecule has 0 radical (unpaired) electrons. The highest BCUT2D eigenvalue weighted by Crippen LogP contribution is 2.18. The third-order valence-electron chi connectivity index (χ3n) is 2.86. The van der Waals surface area contributed by atoms with E-state index >= 15 is 0 Å². The highest BCUT2D eigenvalue weighted by atomic mass is 16.5. The number of hydrogen-bond acceptors (Lipinski definition) is 4. The molecule has 0 heterocycles. The number of carbonyl (C=O) groups excluding carboxylic acids is 2. The second-order valence-electron chi connectivity index (χ2n) is 4.15. The van der Waals surface area contributed by atoms with Crippen molar-refractivity contribution in [3.8, 4) is 5.75 Å². The molecule has 0 saturated carbocycles. The molecule has 19 heavy (non-hydrogen) atoms. The van der Waals surface area contributed by atoms with E-state index in [-0.39, 0.29) is 23.9 Å². The van der Waals surface area contributed by atoms with E-state index in [1.807, 2.05) is 24.3 Å². The Hall–Kier alpha value is -2.36. The van der Waals surface area contributed by atoms with Gasteiger partial charge in [0.15, 0.2) is 11.5 Å². The first-order valence-electron chi connectivity index (χ1n) is 5.85. The fourth-order valence-electron chi connectivity index (χ4n) is 1.71. The van der Waals surface area contributed by atoms with Gasteiger partial charge < -0.3 is 9.47 Å². The van der Waals surface area contributed by atoms with Crippen LogP contribution in [0.4, 0.5) is 0 Å². The van der Waals surface area contributed by atoms with Gasteiger partial charge in [0.25, 0.3) is 0 Å². The maximum absolute atomic E-state index is 11.6. The Bertz CT molecular complexity index is 564. The molecule has 0 amide bonds. The van der Waals surface area contributed by atoms with Gasteiger partial charge in [0.2, 0.25) is 5.78 Å². The van der Waals surface area contributed by atoms with Crippen molar-refractivity contribution in [2.75, 3.05) is 7.11 Å². The molecular weight excluding hydrogens is 244 g/mol. The zero-order valence-electron chi connectivity index (χ0n) is 10.8. The van der Waals surface area contributed by atoms with Crippen LogP contribution in [-0.2, 0) is 20.9 Å². The van der Waals surface area contributed by atoms with Gasteiger partial charge in [-0.2, -0.15) is 0 Å². The molecule has 0 fully saturated rings. The number of carbonyl (C=O) groups is 2. The minimum absolute atomic E-state index is 0.128. The molecule has 2 rings (SSSR count). The van der Waals surface area contributed by atoms with Crippen molar-refractivity contribution in [1.82, 2.24) is 0 Å². The molecule has 1 aromatic carbocycles. The normalized spacial score (nSPS) is 14.8. The lowest BCUT2D eigenvalue weighted by atomic mass is 10.0. The Morgan fingerprint density at radius 2 is 1.63 bits per heavy atom. The van der Waals surface area contributed by atoms with E-state index in [4.69, 9.17) is 9.47 Å². The van der Waals surface area contributed by atoms with Gasteiger partial charge in [-0.25, -0.2) is 0 Å². The third kappa shape index (κ3) is 2.91. The standard InChI is InChI=1S/C15H14O4/c1-10-13(16)7-8-14(17)15(10)19-9-11-3-5-12(18-2)6-4-11/h3-8H,9H2,1-2H3. The molecule has 0 aliphatic heterocycles. The van der Waals surface area contributed by atoms with Gasteiger partial charge in [0.1, 0.15) is 12.4 Å². The fraction of sp³-hybridized carbons (Fsp3) is 0.200. The second kappa shape index (κ2) is 5.52. The van der Waals surface area contributed by atoms with Crippen molar-refractivity contribution in [3.05, 3.63) is 53.3 Å². The Morgan fingerprint density at radius 3 is 2.26 bits per heavy atom. The van der Waals surface area contributed by atoms with Crippen LogP contribution in [0.5, 0.6) is 5.75 Å². The van der Waals surface area contributed by atoms with E-state index in [0.717, 1.165) is 11.3 Å². The minimum atomic E-state index is -0.273. The largest absolute Gasteiger partial charge is 0.497 e. The summed E-state index contributed by atoms with van der Waals surface area (Å²) >= 11 is 0. The summed E-state index contributed by atoms with van der Waals surface area (Å²) in [4.78, 5) is 23.1. The van der Waals surface area contributed by atoms with Crippen LogP contribution in [0.1, 0.15) is 12.5 Å². The molecule has 98 valence electrons. The van der Waals surface area contributed by atoms with E-state index in [1.54, 1.807) is 14.0 Å². The molecule has 0 atom stereocenters. The number of rotatable bonds is 4. The summed E-state index contributed by atoms with van der Waals surface area (Å²) in [5.74, 6) is 0.421. The molecule has 4 nitrogen and oxygen atoms in total. The summed E-state index contributed by atoms with van der Waals surface area (Å²) in [6.45, 7) is 1.83. The van der Waals surface area contributed by atoms with Gasteiger partial charge in [0, 0.05) is 5.57 Å². The lowest BCUT2D eigenvalue weighted by Gasteiger charge is -2.13. The predicted molar refractivity (Wildman–Crippen MR) is 69.6 cm³/mol. The summed E-state index contributed by atoms with van der Waals surface area (Å²) in [5, 5.41) is 0. The summed E-state index contributed by atoms with van der Waals surface area (Å²) in [6.07, 6.45) is 2.50. The lowest BCUT2D eigenvalue weighted by molar-refractivity contribution is -0.118. The number of hydrogen-bond donors (Lipinski definition) is 0. The molecule has 4 heteroatoms. The molecule has 0 spiro atoms. The average Bonchev–Trinajstić information content (AvgIpc) is 2.44. The second-order valence-corrected chi connectivity index (χ2v) is 4.15. The first kappa shape index (κ1) is 13.1.